The third kappa shape index (κ3) is 24.6. The van der Waals surface area contributed by atoms with Crippen molar-refractivity contribution in [2.24, 2.45) is 5.92 Å². The molecular formula is C11H22O4. The van der Waals surface area contributed by atoms with E-state index in [0.717, 1.165) is 6.42 Å². The molecule has 0 rings (SSSR count). The number of hydrogen-bond acceptors (Lipinski definition) is 4. The topological polar surface area (TPSA) is 52.6 Å². The van der Waals surface area contributed by atoms with Gasteiger partial charge in [-0.2, -0.15) is 0 Å². The monoisotopic (exact) mass is 218 g/mol. The summed E-state index contributed by atoms with van der Waals surface area (Å²) < 4.78 is 9.12. The van der Waals surface area contributed by atoms with Gasteiger partial charge in [-0.05, 0) is 19.3 Å². The van der Waals surface area contributed by atoms with Crippen molar-refractivity contribution in [1.82, 2.24) is 0 Å². The second-order valence-electron chi connectivity index (χ2n) is 3.45. The van der Waals surface area contributed by atoms with Crippen molar-refractivity contribution in [3.05, 3.63) is 0 Å². The van der Waals surface area contributed by atoms with E-state index in [1.54, 1.807) is 6.92 Å². The van der Waals surface area contributed by atoms with Crippen LogP contribution in [0.4, 0.5) is 0 Å². The summed E-state index contributed by atoms with van der Waals surface area (Å²) in [6.45, 7) is 9.85. The molecular weight excluding hydrogens is 196 g/mol. The van der Waals surface area contributed by atoms with Gasteiger partial charge in [0.05, 0.1) is 13.2 Å². The molecule has 0 aliphatic rings. The summed E-state index contributed by atoms with van der Waals surface area (Å²) in [7, 11) is 0. The Morgan fingerprint density at radius 1 is 1.07 bits per heavy atom. The molecule has 15 heavy (non-hydrogen) atoms. The number of ether oxygens (including phenoxy) is 2. The molecule has 90 valence electrons. The van der Waals surface area contributed by atoms with Crippen LogP contribution < -0.4 is 0 Å². The molecule has 0 aromatic rings. The first kappa shape index (κ1) is 16.4. The Bertz CT molecular complexity index is 175. The molecule has 0 spiro atoms. The van der Waals surface area contributed by atoms with E-state index in [4.69, 9.17) is 4.74 Å². The summed E-state index contributed by atoms with van der Waals surface area (Å²) in [6, 6.07) is 0. The molecule has 4 heteroatoms. The molecule has 0 aromatic carbocycles. The SMILES string of the molecule is CC(=O)OCCC(C)C.CCOC(C)=O. The van der Waals surface area contributed by atoms with E-state index in [1.807, 2.05) is 0 Å². The summed E-state index contributed by atoms with van der Waals surface area (Å²) in [4.78, 5) is 20.0. The summed E-state index contributed by atoms with van der Waals surface area (Å²) >= 11 is 0. The first-order valence-corrected chi connectivity index (χ1v) is 5.16. The molecule has 0 saturated heterocycles. The number of carbonyl (C=O) groups is 2. The summed E-state index contributed by atoms with van der Waals surface area (Å²) in [5, 5.41) is 0. The Kier molecular flexibility index (Phi) is 12.0. The summed E-state index contributed by atoms with van der Waals surface area (Å²) in [5.74, 6) is 0.220. The zero-order chi connectivity index (χ0) is 12.3. The second kappa shape index (κ2) is 11.0. The zero-order valence-electron chi connectivity index (χ0n) is 10.3. The summed E-state index contributed by atoms with van der Waals surface area (Å²) in [5.41, 5.74) is 0. The van der Waals surface area contributed by atoms with E-state index in [-0.39, 0.29) is 11.9 Å². The highest BCUT2D eigenvalue weighted by Crippen LogP contribution is 1.98. The minimum atomic E-state index is -0.211. The normalized spacial score (nSPS) is 8.93. The first-order valence-electron chi connectivity index (χ1n) is 5.16. The minimum absolute atomic E-state index is 0.185. The average Bonchev–Trinajstić information content (AvgIpc) is 2.03. The molecule has 0 atom stereocenters. The predicted octanol–water partition coefficient (Wildman–Crippen LogP) is 2.17. The van der Waals surface area contributed by atoms with Crippen molar-refractivity contribution in [2.45, 2.75) is 41.0 Å². The molecule has 0 bridgehead atoms. The quantitative estimate of drug-likeness (QED) is 0.678. The lowest BCUT2D eigenvalue weighted by atomic mass is 10.1. The van der Waals surface area contributed by atoms with Gasteiger partial charge in [0.15, 0.2) is 0 Å². The molecule has 0 amide bonds. The van der Waals surface area contributed by atoms with Crippen LogP contribution in [0.15, 0.2) is 0 Å². The van der Waals surface area contributed by atoms with E-state index in [0.29, 0.717) is 19.1 Å². The molecule has 0 saturated carbocycles. The van der Waals surface area contributed by atoms with Crippen LogP contribution in [0.1, 0.15) is 41.0 Å². The van der Waals surface area contributed by atoms with E-state index >= 15 is 0 Å². The van der Waals surface area contributed by atoms with E-state index in [9.17, 15) is 9.59 Å². The van der Waals surface area contributed by atoms with Crippen LogP contribution in [0.25, 0.3) is 0 Å². The Balaban J connectivity index is 0. The molecule has 0 N–H and O–H groups in total. The Hall–Kier alpha value is -1.06. The fourth-order valence-electron chi connectivity index (χ4n) is 0.642. The Morgan fingerprint density at radius 3 is 1.73 bits per heavy atom. The molecule has 0 aliphatic carbocycles. The van der Waals surface area contributed by atoms with Gasteiger partial charge < -0.3 is 9.47 Å². The molecule has 0 aliphatic heterocycles. The fourth-order valence-corrected chi connectivity index (χ4v) is 0.642. The number of hydrogen-bond donors (Lipinski definition) is 0. The van der Waals surface area contributed by atoms with Crippen LogP contribution in [-0.2, 0) is 19.1 Å². The summed E-state index contributed by atoms with van der Waals surface area (Å²) in [6.07, 6.45) is 0.958. The van der Waals surface area contributed by atoms with Crippen LogP contribution >= 0.6 is 0 Å². The van der Waals surface area contributed by atoms with Gasteiger partial charge in [-0.25, -0.2) is 0 Å². The van der Waals surface area contributed by atoms with Crippen LogP contribution in [0.3, 0.4) is 0 Å². The van der Waals surface area contributed by atoms with E-state index in [2.05, 4.69) is 18.6 Å². The second-order valence-corrected chi connectivity index (χ2v) is 3.45. The highest BCUT2D eigenvalue weighted by atomic mass is 16.5. The maximum Gasteiger partial charge on any atom is 0.302 e. The lowest BCUT2D eigenvalue weighted by Crippen LogP contribution is -2.02. The van der Waals surface area contributed by atoms with Crippen LogP contribution in [0.2, 0.25) is 0 Å². The lowest BCUT2D eigenvalue weighted by molar-refractivity contribution is -0.141. The highest BCUT2D eigenvalue weighted by Gasteiger charge is 1.94. The number of rotatable bonds is 4. The minimum Gasteiger partial charge on any atom is -0.466 e. The van der Waals surface area contributed by atoms with Gasteiger partial charge in [0.1, 0.15) is 0 Å². The fraction of sp³-hybridized carbons (Fsp3) is 0.818. The zero-order valence-corrected chi connectivity index (χ0v) is 10.3. The molecule has 0 radical (unpaired) electrons. The third-order valence-corrected chi connectivity index (χ3v) is 1.35. The van der Waals surface area contributed by atoms with Crippen LogP contribution in [-0.4, -0.2) is 25.2 Å². The van der Waals surface area contributed by atoms with Gasteiger partial charge in [0.25, 0.3) is 0 Å². The van der Waals surface area contributed by atoms with Crippen LogP contribution in [0.5, 0.6) is 0 Å². The van der Waals surface area contributed by atoms with Crippen molar-refractivity contribution in [2.75, 3.05) is 13.2 Å². The van der Waals surface area contributed by atoms with Crippen molar-refractivity contribution >= 4 is 11.9 Å². The molecule has 0 fully saturated rings. The van der Waals surface area contributed by atoms with Crippen molar-refractivity contribution in [3.8, 4) is 0 Å². The molecule has 0 unspecified atom stereocenters. The van der Waals surface area contributed by atoms with E-state index in [1.165, 1.54) is 13.8 Å². The van der Waals surface area contributed by atoms with Gasteiger partial charge in [-0.3, -0.25) is 9.59 Å². The highest BCUT2D eigenvalue weighted by molar-refractivity contribution is 5.66. The molecule has 0 aromatic heterocycles. The third-order valence-electron chi connectivity index (χ3n) is 1.35. The largest absolute Gasteiger partial charge is 0.466 e. The van der Waals surface area contributed by atoms with Crippen molar-refractivity contribution < 1.29 is 19.1 Å². The number of esters is 2. The van der Waals surface area contributed by atoms with Gasteiger partial charge in [0, 0.05) is 13.8 Å². The average molecular weight is 218 g/mol. The smallest absolute Gasteiger partial charge is 0.302 e. The van der Waals surface area contributed by atoms with Gasteiger partial charge in [-0.15, -0.1) is 0 Å². The van der Waals surface area contributed by atoms with Gasteiger partial charge in [-0.1, -0.05) is 13.8 Å². The van der Waals surface area contributed by atoms with Crippen molar-refractivity contribution in [1.29, 1.82) is 0 Å². The van der Waals surface area contributed by atoms with Crippen molar-refractivity contribution in [3.63, 3.8) is 0 Å². The molecule has 4 nitrogen and oxygen atoms in total. The Labute approximate surface area is 91.9 Å². The Morgan fingerprint density at radius 2 is 1.53 bits per heavy atom. The maximum atomic E-state index is 10.2. The standard InChI is InChI=1S/C7H14O2.C4H8O2/c1-6(2)4-5-9-7(3)8;1-3-6-4(2)5/h6H,4-5H2,1-3H3;3H2,1-2H3. The van der Waals surface area contributed by atoms with Gasteiger partial charge in [0.2, 0.25) is 0 Å². The van der Waals surface area contributed by atoms with E-state index < -0.39 is 0 Å². The van der Waals surface area contributed by atoms with Crippen LogP contribution in [0, 0.1) is 5.92 Å². The number of carbonyl (C=O) groups excluding carboxylic acids is 2. The first-order chi connectivity index (χ1) is 6.90. The molecule has 0 heterocycles. The lowest BCUT2D eigenvalue weighted by Gasteiger charge is -2.02. The predicted molar refractivity (Wildman–Crippen MR) is 58.4 cm³/mol. The maximum absolute atomic E-state index is 10.2. The van der Waals surface area contributed by atoms with Gasteiger partial charge >= 0.3 is 11.9 Å².